The Hall–Kier alpha value is -2.29. The number of carbonyl (C=O) groups is 1. The van der Waals surface area contributed by atoms with E-state index in [0.717, 1.165) is 5.56 Å². The number of carbonyl (C=O) groups excluding carboxylic acids is 1. The standard InChI is InChI=1S/C17H19NO2/c1-13-8-10-15(11-9-13)12-18-17(19)14(2)20-16-6-4-3-5-7-16/h3-11,14H,12H2,1-2H3,(H,18,19). The van der Waals surface area contributed by atoms with Crippen molar-refractivity contribution in [2.45, 2.75) is 26.5 Å². The lowest BCUT2D eigenvalue weighted by atomic mass is 10.1. The summed E-state index contributed by atoms with van der Waals surface area (Å²) in [5.74, 6) is 0.583. The molecule has 2 aromatic carbocycles. The molecule has 0 aromatic heterocycles. The molecule has 0 bridgehead atoms. The number of amides is 1. The summed E-state index contributed by atoms with van der Waals surface area (Å²) in [6, 6.07) is 17.4. The van der Waals surface area contributed by atoms with E-state index in [-0.39, 0.29) is 5.91 Å². The van der Waals surface area contributed by atoms with Crippen LogP contribution < -0.4 is 10.1 Å². The van der Waals surface area contributed by atoms with Crippen molar-refractivity contribution in [3.8, 4) is 5.75 Å². The third-order valence-electron chi connectivity index (χ3n) is 3.01. The Morgan fingerprint density at radius 3 is 2.40 bits per heavy atom. The molecule has 1 atom stereocenters. The van der Waals surface area contributed by atoms with Crippen LogP contribution in [0.25, 0.3) is 0 Å². The lowest BCUT2D eigenvalue weighted by Gasteiger charge is -2.14. The molecule has 1 amide bonds. The van der Waals surface area contributed by atoms with Crippen LogP contribution in [-0.2, 0) is 11.3 Å². The Morgan fingerprint density at radius 2 is 1.75 bits per heavy atom. The summed E-state index contributed by atoms with van der Waals surface area (Å²) < 4.78 is 5.57. The van der Waals surface area contributed by atoms with E-state index >= 15 is 0 Å². The monoisotopic (exact) mass is 269 g/mol. The summed E-state index contributed by atoms with van der Waals surface area (Å²) in [5.41, 5.74) is 2.29. The van der Waals surface area contributed by atoms with Gasteiger partial charge in [0.15, 0.2) is 6.10 Å². The van der Waals surface area contributed by atoms with E-state index in [1.807, 2.05) is 61.5 Å². The van der Waals surface area contributed by atoms with E-state index in [4.69, 9.17) is 4.74 Å². The average Bonchev–Trinajstić information content (AvgIpc) is 2.47. The van der Waals surface area contributed by atoms with Crippen LogP contribution in [0.1, 0.15) is 18.1 Å². The van der Waals surface area contributed by atoms with Crippen molar-refractivity contribution in [2.24, 2.45) is 0 Å². The average molecular weight is 269 g/mol. The van der Waals surface area contributed by atoms with Crippen molar-refractivity contribution in [2.75, 3.05) is 0 Å². The van der Waals surface area contributed by atoms with E-state index in [0.29, 0.717) is 12.3 Å². The number of para-hydroxylation sites is 1. The second kappa shape index (κ2) is 6.75. The van der Waals surface area contributed by atoms with E-state index < -0.39 is 6.10 Å². The highest BCUT2D eigenvalue weighted by atomic mass is 16.5. The van der Waals surface area contributed by atoms with Crippen molar-refractivity contribution in [3.63, 3.8) is 0 Å². The second-order valence-corrected chi connectivity index (χ2v) is 4.78. The van der Waals surface area contributed by atoms with Gasteiger partial charge in [-0.3, -0.25) is 4.79 Å². The third-order valence-corrected chi connectivity index (χ3v) is 3.01. The molecule has 104 valence electrons. The molecule has 0 radical (unpaired) electrons. The van der Waals surface area contributed by atoms with Crippen molar-refractivity contribution >= 4 is 5.91 Å². The molecule has 2 rings (SSSR count). The van der Waals surface area contributed by atoms with Gasteiger partial charge in [-0.15, -0.1) is 0 Å². The molecule has 1 N–H and O–H groups in total. The molecule has 0 aliphatic carbocycles. The molecule has 0 spiro atoms. The lowest BCUT2D eigenvalue weighted by Crippen LogP contribution is -2.35. The third kappa shape index (κ3) is 4.12. The number of rotatable bonds is 5. The van der Waals surface area contributed by atoms with Gasteiger partial charge in [0.25, 0.3) is 5.91 Å². The largest absolute Gasteiger partial charge is 0.481 e. The van der Waals surface area contributed by atoms with Crippen LogP contribution >= 0.6 is 0 Å². The molecular formula is C17H19NO2. The molecule has 0 fully saturated rings. The van der Waals surface area contributed by atoms with Gasteiger partial charge >= 0.3 is 0 Å². The molecule has 0 saturated heterocycles. The van der Waals surface area contributed by atoms with E-state index in [9.17, 15) is 4.79 Å². The van der Waals surface area contributed by atoms with Gasteiger partial charge in [0.05, 0.1) is 0 Å². The van der Waals surface area contributed by atoms with Gasteiger partial charge in [-0.05, 0) is 31.5 Å². The summed E-state index contributed by atoms with van der Waals surface area (Å²) in [6.07, 6.45) is -0.511. The number of hydrogen-bond donors (Lipinski definition) is 1. The fourth-order valence-electron chi connectivity index (χ4n) is 1.80. The maximum Gasteiger partial charge on any atom is 0.261 e. The Morgan fingerprint density at radius 1 is 1.10 bits per heavy atom. The summed E-state index contributed by atoms with van der Waals surface area (Å²) >= 11 is 0. The number of hydrogen-bond acceptors (Lipinski definition) is 2. The van der Waals surface area contributed by atoms with Gasteiger partial charge in [0.1, 0.15) is 5.75 Å². The second-order valence-electron chi connectivity index (χ2n) is 4.78. The van der Waals surface area contributed by atoms with Crippen LogP contribution in [-0.4, -0.2) is 12.0 Å². The maximum absolute atomic E-state index is 12.0. The summed E-state index contributed by atoms with van der Waals surface area (Å²) in [5, 5.41) is 2.87. The normalized spacial score (nSPS) is 11.7. The first kappa shape index (κ1) is 14.1. The fraction of sp³-hybridized carbons (Fsp3) is 0.235. The molecule has 3 nitrogen and oxygen atoms in total. The highest BCUT2D eigenvalue weighted by molar-refractivity contribution is 5.80. The van der Waals surface area contributed by atoms with Crippen LogP contribution in [0, 0.1) is 6.92 Å². The summed E-state index contributed by atoms with van der Waals surface area (Å²) in [7, 11) is 0. The first-order chi connectivity index (χ1) is 9.65. The van der Waals surface area contributed by atoms with Crippen LogP contribution in [0.3, 0.4) is 0 Å². The van der Waals surface area contributed by atoms with E-state index in [1.165, 1.54) is 5.56 Å². The number of nitrogens with one attached hydrogen (secondary N) is 1. The Bertz CT molecular complexity index is 549. The molecule has 0 aliphatic heterocycles. The van der Waals surface area contributed by atoms with Gasteiger partial charge in [-0.1, -0.05) is 48.0 Å². The molecule has 1 unspecified atom stereocenters. The molecule has 3 heteroatoms. The van der Waals surface area contributed by atoms with Crippen molar-refractivity contribution < 1.29 is 9.53 Å². The minimum absolute atomic E-state index is 0.116. The zero-order chi connectivity index (χ0) is 14.4. The quantitative estimate of drug-likeness (QED) is 0.906. The van der Waals surface area contributed by atoms with Crippen molar-refractivity contribution in [1.29, 1.82) is 0 Å². The van der Waals surface area contributed by atoms with E-state index in [1.54, 1.807) is 6.92 Å². The zero-order valence-electron chi connectivity index (χ0n) is 11.8. The van der Waals surface area contributed by atoms with Gasteiger partial charge in [0.2, 0.25) is 0 Å². The Labute approximate surface area is 119 Å². The Balaban J connectivity index is 1.83. The molecule has 2 aromatic rings. The minimum atomic E-state index is -0.511. The number of benzene rings is 2. The van der Waals surface area contributed by atoms with Crippen molar-refractivity contribution in [3.05, 3.63) is 65.7 Å². The van der Waals surface area contributed by atoms with E-state index in [2.05, 4.69) is 5.32 Å². The van der Waals surface area contributed by atoms with Gasteiger partial charge in [-0.2, -0.15) is 0 Å². The topological polar surface area (TPSA) is 38.3 Å². The van der Waals surface area contributed by atoms with Crippen LogP contribution in [0.4, 0.5) is 0 Å². The molecule has 0 heterocycles. The highest BCUT2D eigenvalue weighted by Crippen LogP contribution is 2.11. The minimum Gasteiger partial charge on any atom is -0.481 e. The lowest BCUT2D eigenvalue weighted by molar-refractivity contribution is -0.127. The van der Waals surface area contributed by atoms with Crippen LogP contribution in [0.2, 0.25) is 0 Å². The maximum atomic E-state index is 12.0. The van der Waals surface area contributed by atoms with Gasteiger partial charge in [0, 0.05) is 6.54 Å². The molecular weight excluding hydrogens is 250 g/mol. The smallest absolute Gasteiger partial charge is 0.261 e. The predicted molar refractivity (Wildman–Crippen MR) is 79.6 cm³/mol. The first-order valence-corrected chi connectivity index (χ1v) is 6.70. The first-order valence-electron chi connectivity index (χ1n) is 6.70. The summed E-state index contributed by atoms with van der Waals surface area (Å²) in [4.78, 5) is 12.0. The Kier molecular flexibility index (Phi) is 4.77. The molecule has 0 saturated carbocycles. The summed E-state index contributed by atoms with van der Waals surface area (Å²) in [6.45, 7) is 4.30. The predicted octanol–water partition coefficient (Wildman–Crippen LogP) is 3.08. The van der Waals surface area contributed by atoms with Gasteiger partial charge < -0.3 is 10.1 Å². The van der Waals surface area contributed by atoms with Crippen LogP contribution in [0.15, 0.2) is 54.6 Å². The highest BCUT2D eigenvalue weighted by Gasteiger charge is 2.13. The van der Waals surface area contributed by atoms with Crippen molar-refractivity contribution in [1.82, 2.24) is 5.32 Å². The zero-order valence-corrected chi connectivity index (χ0v) is 11.8. The molecule has 20 heavy (non-hydrogen) atoms. The molecule has 0 aliphatic rings. The number of aryl methyl sites for hydroxylation is 1. The van der Waals surface area contributed by atoms with Gasteiger partial charge in [-0.25, -0.2) is 0 Å². The fourth-order valence-corrected chi connectivity index (χ4v) is 1.80. The SMILES string of the molecule is Cc1ccc(CNC(=O)C(C)Oc2ccccc2)cc1. The van der Waals surface area contributed by atoms with Crippen LogP contribution in [0.5, 0.6) is 5.75 Å². The number of ether oxygens (including phenoxy) is 1.